The minimum Gasteiger partial charge on any atom is -0.373 e. The Morgan fingerprint density at radius 2 is 2.08 bits per heavy atom. The molecule has 2 aromatic rings. The molecule has 1 aromatic carbocycles. The molecule has 1 unspecified atom stereocenters. The number of nitrogens with zero attached hydrogens (tertiary/aromatic N) is 2. The number of aromatic amines is 1. The first-order valence-corrected chi connectivity index (χ1v) is 9.19. The summed E-state index contributed by atoms with van der Waals surface area (Å²) in [5.41, 5.74) is 4.96. The average Bonchev–Trinajstić information content (AvgIpc) is 3.08. The van der Waals surface area contributed by atoms with Crippen LogP contribution in [-0.4, -0.2) is 40.7 Å². The van der Waals surface area contributed by atoms with E-state index in [1.54, 1.807) is 0 Å². The number of aryl methyl sites for hydroxylation is 1. The number of carbonyl (C=O) groups is 1. The molecule has 5 heteroatoms. The van der Waals surface area contributed by atoms with Crippen LogP contribution in [0.25, 0.3) is 0 Å². The number of likely N-dealkylation sites (tertiary alicyclic amines) is 1. The molecule has 4 rings (SSSR count). The minimum absolute atomic E-state index is 0.0914. The van der Waals surface area contributed by atoms with E-state index < -0.39 is 0 Å². The van der Waals surface area contributed by atoms with Crippen LogP contribution in [0, 0.1) is 6.92 Å². The van der Waals surface area contributed by atoms with E-state index in [1.165, 1.54) is 16.7 Å². The lowest BCUT2D eigenvalue weighted by Gasteiger charge is -2.34. The second-order valence-electron chi connectivity index (χ2n) is 7.12. The summed E-state index contributed by atoms with van der Waals surface area (Å²) in [6, 6.07) is 8.34. The van der Waals surface area contributed by atoms with Crippen molar-refractivity contribution in [3.05, 3.63) is 52.8 Å². The molecule has 2 aliphatic heterocycles. The van der Waals surface area contributed by atoms with Gasteiger partial charge in [-0.05, 0) is 48.8 Å². The van der Waals surface area contributed by atoms with Gasteiger partial charge in [0, 0.05) is 18.8 Å². The predicted octanol–water partition coefficient (Wildman–Crippen LogP) is 3.13. The third-order valence-electron chi connectivity index (χ3n) is 5.61. The highest BCUT2D eigenvalue weighted by atomic mass is 16.5. The zero-order valence-electron chi connectivity index (χ0n) is 14.7. The van der Waals surface area contributed by atoms with Crippen LogP contribution in [0.15, 0.2) is 30.5 Å². The maximum Gasteiger partial charge on any atom is 0.225 e. The van der Waals surface area contributed by atoms with E-state index in [0.717, 1.165) is 38.0 Å². The highest BCUT2D eigenvalue weighted by Gasteiger charge is 2.29. The summed E-state index contributed by atoms with van der Waals surface area (Å²) in [4.78, 5) is 14.8. The van der Waals surface area contributed by atoms with E-state index in [-0.39, 0.29) is 12.0 Å². The molecule has 1 aromatic heterocycles. The van der Waals surface area contributed by atoms with Crippen LogP contribution in [0.4, 0.5) is 0 Å². The number of rotatable bonds is 3. The SMILES string of the molecule is Cc1[nH]ncc1C1CCN(C(=O)CC2OCCc3ccccc32)CC1. The van der Waals surface area contributed by atoms with Crippen molar-refractivity contribution in [2.24, 2.45) is 0 Å². The first-order valence-electron chi connectivity index (χ1n) is 9.19. The highest BCUT2D eigenvalue weighted by molar-refractivity contribution is 5.77. The summed E-state index contributed by atoms with van der Waals surface area (Å²) < 4.78 is 5.90. The van der Waals surface area contributed by atoms with Crippen molar-refractivity contribution in [3.8, 4) is 0 Å². The first-order chi connectivity index (χ1) is 12.2. The van der Waals surface area contributed by atoms with Crippen molar-refractivity contribution in [1.29, 1.82) is 0 Å². The van der Waals surface area contributed by atoms with E-state index in [0.29, 0.717) is 18.9 Å². The molecule has 132 valence electrons. The van der Waals surface area contributed by atoms with Gasteiger partial charge in [0.05, 0.1) is 25.3 Å². The minimum atomic E-state index is -0.0914. The van der Waals surface area contributed by atoms with Crippen LogP contribution in [0.1, 0.15) is 53.7 Å². The van der Waals surface area contributed by atoms with Gasteiger partial charge in [0.15, 0.2) is 0 Å². The second kappa shape index (κ2) is 7.00. The van der Waals surface area contributed by atoms with Crippen LogP contribution < -0.4 is 0 Å². The lowest BCUT2D eigenvalue weighted by atomic mass is 9.89. The Labute approximate surface area is 148 Å². The Balaban J connectivity index is 1.36. The molecule has 2 aliphatic rings. The Kier molecular flexibility index (Phi) is 4.57. The second-order valence-corrected chi connectivity index (χ2v) is 7.12. The molecule has 0 aliphatic carbocycles. The molecule has 0 bridgehead atoms. The van der Waals surface area contributed by atoms with Gasteiger partial charge in [0.1, 0.15) is 0 Å². The molecule has 25 heavy (non-hydrogen) atoms. The van der Waals surface area contributed by atoms with E-state index in [9.17, 15) is 4.79 Å². The summed E-state index contributed by atoms with van der Waals surface area (Å²) >= 11 is 0. The van der Waals surface area contributed by atoms with Gasteiger partial charge in [-0.2, -0.15) is 5.10 Å². The van der Waals surface area contributed by atoms with Gasteiger partial charge in [0.2, 0.25) is 5.91 Å². The quantitative estimate of drug-likeness (QED) is 0.935. The molecule has 1 atom stereocenters. The predicted molar refractivity (Wildman–Crippen MR) is 95.3 cm³/mol. The fourth-order valence-electron chi connectivity index (χ4n) is 4.14. The molecule has 0 radical (unpaired) electrons. The van der Waals surface area contributed by atoms with E-state index in [1.807, 2.05) is 17.2 Å². The highest BCUT2D eigenvalue weighted by Crippen LogP contribution is 2.32. The number of benzene rings is 1. The van der Waals surface area contributed by atoms with Gasteiger partial charge in [-0.3, -0.25) is 9.89 Å². The third kappa shape index (κ3) is 3.33. The van der Waals surface area contributed by atoms with Crippen LogP contribution in [0.5, 0.6) is 0 Å². The van der Waals surface area contributed by atoms with E-state index in [2.05, 4.69) is 35.3 Å². The van der Waals surface area contributed by atoms with Crippen molar-refractivity contribution in [2.45, 2.75) is 44.6 Å². The number of carbonyl (C=O) groups excluding carboxylic acids is 1. The molecule has 1 amide bonds. The Bertz CT molecular complexity index is 747. The van der Waals surface area contributed by atoms with Crippen molar-refractivity contribution >= 4 is 5.91 Å². The summed E-state index contributed by atoms with van der Waals surface area (Å²) in [7, 11) is 0. The number of ether oxygens (including phenoxy) is 1. The number of piperidine rings is 1. The van der Waals surface area contributed by atoms with Crippen LogP contribution in [0.3, 0.4) is 0 Å². The summed E-state index contributed by atoms with van der Waals surface area (Å²) in [6.07, 6.45) is 5.25. The van der Waals surface area contributed by atoms with E-state index >= 15 is 0 Å². The number of H-pyrrole nitrogens is 1. The van der Waals surface area contributed by atoms with Gasteiger partial charge in [0.25, 0.3) is 0 Å². The standard InChI is InChI=1S/C20H25N3O2/c1-14-18(13-21-22-14)16-6-9-23(10-7-16)20(24)12-19-17-5-3-2-4-15(17)8-11-25-19/h2-5,13,16,19H,6-12H2,1H3,(H,21,22). The summed E-state index contributed by atoms with van der Waals surface area (Å²) in [5.74, 6) is 0.721. The number of hydrogen-bond acceptors (Lipinski definition) is 3. The number of amides is 1. The monoisotopic (exact) mass is 339 g/mol. The lowest BCUT2D eigenvalue weighted by Crippen LogP contribution is -2.39. The van der Waals surface area contributed by atoms with Crippen molar-refractivity contribution < 1.29 is 9.53 Å². The maximum absolute atomic E-state index is 12.8. The molecule has 0 spiro atoms. The van der Waals surface area contributed by atoms with Crippen molar-refractivity contribution in [1.82, 2.24) is 15.1 Å². The fourth-order valence-corrected chi connectivity index (χ4v) is 4.14. The molecular formula is C20H25N3O2. The Morgan fingerprint density at radius 1 is 1.28 bits per heavy atom. The molecule has 5 nitrogen and oxygen atoms in total. The number of nitrogens with one attached hydrogen (secondary N) is 1. The maximum atomic E-state index is 12.8. The molecule has 0 saturated carbocycles. The van der Waals surface area contributed by atoms with Gasteiger partial charge >= 0.3 is 0 Å². The van der Waals surface area contributed by atoms with Gasteiger partial charge < -0.3 is 9.64 Å². The molecule has 1 saturated heterocycles. The molecular weight excluding hydrogens is 314 g/mol. The van der Waals surface area contributed by atoms with E-state index in [4.69, 9.17) is 4.74 Å². The van der Waals surface area contributed by atoms with Crippen LogP contribution >= 0.6 is 0 Å². The van der Waals surface area contributed by atoms with Gasteiger partial charge in [-0.15, -0.1) is 0 Å². The van der Waals surface area contributed by atoms with Crippen molar-refractivity contribution in [3.63, 3.8) is 0 Å². The lowest BCUT2D eigenvalue weighted by molar-refractivity contribution is -0.135. The Hall–Kier alpha value is -2.14. The third-order valence-corrected chi connectivity index (χ3v) is 5.61. The summed E-state index contributed by atoms with van der Waals surface area (Å²) in [5, 5.41) is 7.14. The molecule has 3 heterocycles. The zero-order valence-corrected chi connectivity index (χ0v) is 14.7. The average molecular weight is 339 g/mol. The number of aromatic nitrogens is 2. The van der Waals surface area contributed by atoms with Crippen LogP contribution in [-0.2, 0) is 16.0 Å². The Morgan fingerprint density at radius 3 is 2.84 bits per heavy atom. The first kappa shape index (κ1) is 16.3. The zero-order chi connectivity index (χ0) is 17.2. The number of hydrogen-bond donors (Lipinski definition) is 1. The summed E-state index contributed by atoms with van der Waals surface area (Å²) in [6.45, 7) is 4.42. The molecule has 1 N–H and O–H groups in total. The topological polar surface area (TPSA) is 58.2 Å². The van der Waals surface area contributed by atoms with Gasteiger partial charge in [-0.25, -0.2) is 0 Å². The van der Waals surface area contributed by atoms with Crippen LogP contribution in [0.2, 0.25) is 0 Å². The number of fused-ring (bicyclic) bond motifs is 1. The van der Waals surface area contributed by atoms with Gasteiger partial charge in [-0.1, -0.05) is 24.3 Å². The normalized spacial score (nSPS) is 21.2. The largest absolute Gasteiger partial charge is 0.373 e. The molecule has 1 fully saturated rings. The smallest absolute Gasteiger partial charge is 0.225 e. The van der Waals surface area contributed by atoms with Crippen molar-refractivity contribution in [2.75, 3.05) is 19.7 Å². The fraction of sp³-hybridized carbons (Fsp3) is 0.500.